The lowest BCUT2D eigenvalue weighted by molar-refractivity contribution is -0.108. The fraction of sp³-hybridized carbons (Fsp3) is 0.0714. The molecule has 0 aliphatic rings. The molecule has 1 atom stereocenters. The number of rotatable bonds is 3. The molecule has 1 nitrogen and oxygen atoms in total. The molecule has 3 heteroatoms. The van der Waals surface area contributed by atoms with Gasteiger partial charge in [-0.1, -0.05) is 47.5 Å². The van der Waals surface area contributed by atoms with Crippen LogP contribution in [0.3, 0.4) is 0 Å². The second-order valence-electron chi connectivity index (χ2n) is 3.72. The van der Waals surface area contributed by atoms with Gasteiger partial charge in [-0.05, 0) is 35.4 Å². The first-order valence-electron chi connectivity index (χ1n) is 5.17. The first-order valence-corrected chi connectivity index (χ1v) is 5.92. The summed E-state index contributed by atoms with van der Waals surface area (Å²) in [5.41, 5.74) is 1.79. The minimum atomic E-state index is -0.300. The molecule has 0 saturated carbocycles. The molecule has 0 aliphatic carbocycles. The van der Waals surface area contributed by atoms with E-state index >= 15 is 0 Å². The van der Waals surface area contributed by atoms with Crippen molar-refractivity contribution in [1.29, 1.82) is 0 Å². The Morgan fingerprint density at radius 1 is 0.882 bits per heavy atom. The zero-order valence-corrected chi connectivity index (χ0v) is 10.4. The first kappa shape index (κ1) is 12.2. The summed E-state index contributed by atoms with van der Waals surface area (Å²) in [5.74, 6) is -0.300. The molecular formula is C14H10Cl2O. The maximum absolute atomic E-state index is 11.2. The normalized spacial score (nSPS) is 12.1. The molecule has 0 N–H and O–H groups in total. The third-order valence-electron chi connectivity index (χ3n) is 2.57. The van der Waals surface area contributed by atoms with Crippen molar-refractivity contribution in [1.82, 2.24) is 0 Å². The van der Waals surface area contributed by atoms with Crippen molar-refractivity contribution in [2.75, 3.05) is 0 Å². The molecule has 0 spiro atoms. The Labute approximate surface area is 110 Å². The molecule has 0 heterocycles. The molecular weight excluding hydrogens is 255 g/mol. The van der Waals surface area contributed by atoms with Crippen LogP contribution in [-0.2, 0) is 4.79 Å². The molecule has 0 saturated heterocycles. The average Bonchev–Trinajstić information content (AvgIpc) is 2.33. The van der Waals surface area contributed by atoms with E-state index in [1.165, 1.54) is 0 Å². The van der Waals surface area contributed by atoms with Crippen LogP contribution in [-0.4, -0.2) is 6.29 Å². The van der Waals surface area contributed by atoms with Crippen molar-refractivity contribution >= 4 is 29.5 Å². The van der Waals surface area contributed by atoms with Gasteiger partial charge in [0.15, 0.2) is 0 Å². The van der Waals surface area contributed by atoms with Crippen LogP contribution in [0.15, 0.2) is 48.5 Å². The molecule has 17 heavy (non-hydrogen) atoms. The first-order chi connectivity index (χ1) is 8.20. The molecule has 0 fully saturated rings. The number of hydrogen-bond donors (Lipinski definition) is 0. The number of hydrogen-bond acceptors (Lipinski definition) is 1. The van der Waals surface area contributed by atoms with Gasteiger partial charge >= 0.3 is 0 Å². The second-order valence-corrected chi connectivity index (χ2v) is 4.59. The van der Waals surface area contributed by atoms with Crippen molar-refractivity contribution < 1.29 is 4.79 Å². The van der Waals surface area contributed by atoms with Gasteiger partial charge in [-0.2, -0.15) is 0 Å². The fourth-order valence-corrected chi connectivity index (χ4v) is 2.04. The lowest BCUT2D eigenvalue weighted by Gasteiger charge is -2.11. The largest absolute Gasteiger partial charge is 0.302 e. The van der Waals surface area contributed by atoms with Gasteiger partial charge in [-0.25, -0.2) is 0 Å². The van der Waals surface area contributed by atoms with Crippen LogP contribution in [0.1, 0.15) is 17.0 Å². The fourth-order valence-electron chi connectivity index (χ4n) is 1.72. The second kappa shape index (κ2) is 5.35. The summed E-state index contributed by atoms with van der Waals surface area (Å²) in [4.78, 5) is 11.2. The van der Waals surface area contributed by atoms with E-state index in [0.29, 0.717) is 10.0 Å². The van der Waals surface area contributed by atoms with E-state index in [1.54, 1.807) is 24.3 Å². The standard InChI is InChI=1S/C14H10Cl2O/c15-12-6-4-10(5-7-12)14(9-17)11-2-1-3-13(16)8-11/h1-9,14H/t14-/m0/s1. The van der Waals surface area contributed by atoms with Gasteiger partial charge in [-0.3, -0.25) is 0 Å². The monoisotopic (exact) mass is 264 g/mol. The minimum absolute atomic E-state index is 0.300. The van der Waals surface area contributed by atoms with Crippen LogP contribution in [0.4, 0.5) is 0 Å². The molecule has 86 valence electrons. The van der Waals surface area contributed by atoms with Gasteiger partial charge in [0, 0.05) is 10.0 Å². The van der Waals surface area contributed by atoms with Crippen LogP contribution in [0.25, 0.3) is 0 Å². The predicted octanol–water partition coefficient (Wildman–Crippen LogP) is 4.32. The van der Waals surface area contributed by atoms with Crippen molar-refractivity contribution in [2.45, 2.75) is 5.92 Å². The van der Waals surface area contributed by atoms with E-state index in [0.717, 1.165) is 17.4 Å². The number of benzene rings is 2. The van der Waals surface area contributed by atoms with Crippen LogP contribution in [0.5, 0.6) is 0 Å². The van der Waals surface area contributed by atoms with E-state index in [1.807, 2.05) is 24.3 Å². The number of aldehydes is 1. The summed E-state index contributed by atoms with van der Waals surface area (Å²) in [6, 6.07) is 14.6. The molecule has 0 radical (unpaired) electrons. The quantitative estimate of drug-likeness (QED) is 0.755. The summed E-state index contributed by atoms with van der Waals surface area (Å²) in [5, 5.41) is 1.29. The van der Waals surface area contributed by atoms with Gasteiger partial charge in [0.25, 0.3) is 0 Å². The van der Waals surface area contributed by atoms with Gasteiger partial charge in [0.2, 0.25) is 0 Å². The molecule has 2 aromatic rings. The Bertz CT molecular complexity index is 520. The summed E-state index contributed by atoms with van der Waals surface area (Å²) in [7, 11) is 0. The highest BCUT2D eigenvalue weighted by Gasteiger charge is 2.13. The van der Waals surface area contributed by atoms with E-state index in [4.69, 9.17) is 23.2 Å². The number of carbonyl (C=O) groups is 1. The molecule has 2 rings (SSSR count). The zero-order valence-electron chi connectivity index (χ0n) is 8.94. The van der Waals surface area contributed by atoms with Crippen molar-refractivity contribution in [3.63, 3.8) is 0 Å². The molecule has 0 aliphatic heterocycles. The lowest BCUT2D eigenvalue weighted by atomic mass is 9.93. The summed E-state index contributed by atoms with van der Waals surface area (Å²) >= 11 is 11.7. The third-order valence-corrected chi connectivity index (χ3v) is 3.06. The predicted molar refractivity (Wildman–Crippen MR) is 70.8 cm³/mol. The average molecular weight is 265 g/mol. The highest BCUT2D eigenvalue weighted by atomic mass is 35.5. The number of halogens is 2. The maximum atomic E-state index is 11.2. The van der Waals surface area contributed by atoms with E-state index in [-0.39, 0.29) is 5.92 Å². The van der Waals surface area contributed by atoms with Crippen LogP contribution >= 0.6 is 23.2 Å². The molecule has 2 aromatic carbocycles. The molecule has 0 amide bonds. The zero-order chi connectivity index (χ0) is 12.3. The Kier molecular flexibility index (Phi) is 3.82. The Hall–Kier alpha value is -1.31. The smallest absolute Gasteiger partial charge is 0.131 e. The molecule has 0 unspecified atom stereocenters. The van der Waals surface area contributed by atoms with Gasteiger partial charge in [-0.15, -0.1) is 0 Å². The SMILES string of the molecule is O=C[C@@H](c1ccc(Cl)cc1)c1cccc(Cl)c1. The minimum Gasteiger partial charge on any atom is -0.302 e. The highest BCUT2D eigenvalue weighted by Crippen LogP contribution is 2.25. The Balaban J connectivity index is 2.40. The van der Waals surface area contributed by atoms with Crippen molar-refractivity contribution in [3.05, 3.63) is 69.7 Å². The van der Waals surface area contributed by atoms with Crippen molar-refractivity contribution in [2.24, 2.45) is 0 Å². The van der Waals surface area contributed by atoms with E-state index in [2.05, 4.69) is 0 Å². The van der Waals surface area contributed by atoms with Gasteiger partial charge in [0.05, 0.1) is 5.92 Å². The topological polar surface area (TPSA) is 17.1 Å². The third kappa shape index (κ3) is 2.87. The van der Waals surface area contributed by atoms with Crippen LogP contribution in [0, 0.1) is 0 Å². The summed E-state index contributed by atoms with van der Waals surface area (Å²) in [6.45, 7) is 0. The number of carbonyl (C=O) groups excluding carboxylic acids is 1. The highest BCUT2D eigenvalue weighted by molar-refractivity contribution is 6.30. The van der Waals surface area contributed by atoms with Gasteiger partial charge < -0.3 is 4.79 Å². The molecule has 0 bridgehead atoms. The lowest BCUT2D eigenvalue weighted by Crippen LogP contribution is -2.02. The van der Waals surface area contributed by atoms with Crippen molar-refractivity contribution in [3.8, 4) is 0 Å². The van der Waals surface area contributed by atoms with Crippen LogP contribution < -0.4 is 0 Å². The summed E-state index contributed by atoms with van der Waals surface area (Å²) < 4.78 is 0. The maximum Gasteiger partial charge on any atom is 0.131 e. The Morgan fingerprint density at radius 2 is 1.59 bits per heavy atom. The van der Waals surface area contributed by atoms with Gasteiger partial charge in [0.1, 0.15) is 6.29 Å². The summed E-state index contributed by atoms with van der Waals surface area (Å²) in [6.07, 6.45) is 0.912. The van der Waals surface area contributed by atoms with Crippen LogP contribution in [0.2, 0.25) is 10.0 Å². The molecule has 0 aromatic heterocycles. The van der Waals surface area contributed by atoms with E-state index in [9.17, 15) is 4.79 Å². The van der Waals surface area contributed by atoms with E-state index < -0.39 is 0 Å². The Morgan fingerprint density at radius 3 is 2.18 bits per heavy atom.